The van der Waals surface area contributed by atoms with Gasteiger partial charge in [-0.05, 0) is 57.3 Å². The number of carbonyl (C=O) groups excluding carboxylic acids is 1. The van der Waals surface area contributed by atoms with Crippen molar-refractivity contribution in [1.29, 1.82) is 5.26 Å². The van der Waals surface area contributed by atoms with Crippen molar-refractivity contribution in [3.8, 4) is 6.07 Å². The lowest BCUT2D eigenvalue weighted by Crippen LogP contribution is -2.58. The van der Waals surface area contributed by atoms with Gasteiger partial charge in [-0.3, -0.25) is 4.79 Å². The summed E-state index contributed by atoms with van der Waals surface area (Å²) in [6, 6.07) is 1.93. The fourth-order valence-electron chi connectivity index (χ4n) is 4.76. The number of esters is 1. The Labute approximate surface area is 107 Å². The Bertz CT molecular complexity index is 411. The molecule has 4 fully saturated rings. The Balaban J connectivity index is 1.83. The third kappa shape index (κ3) is 1.73. The van der Waals surface area contributed by atoms with Gasteiger partial charge >= 0.3 is 5.97 Å². The van der Waals surface area contributed by atoms with Gasteiger partial charge in [0.15, 0.2) is 6.10 Å². The highest BCUT2D eigenvalue weighted by molar-refractivity contribution is 5.78. The summed E-state index contributed by atoms with van der Waals surface area (Å²) in [5.74, 6) is 0.659. The van der Waals surface area contributed by atoms with Crippen molar-refractivity contribution in [3.63, 3.8) is 0 Å². The lowest BCUT2D eigenvalue weighted by atomic mass is 9.48. The lowest BCUT2D eigenvalue weighted by Gasteiger charge is -2.58. The van der Waals surface area contributed by atoms with E-state index in [0.29, 0.717) is 18.3 Å². The fraction of sp³-hybridized carbons (Fsp3) is 0.857. The van der Waals surface area contributed by atoms with Gasteiger partial charge in [-0.25, -0.2) is 0 Å². The predicted octanol–water partition coefficient (Wildman–Crippen LogP) is 1.77. The van der Waals surface area contributed by atoms with Crippen molar-refractivity contribution in [2.45, 2.75) is 57.2 Å². The molecule has 98 valence electrons. The van der Waals surface area contributed by atoms with Crippen LogP contribution >= 0.6 is 0 Å². The van der Waals surface area contributed by atoms with Crippen LogP contribution in [0.15, 0.2) is 0 Å². The van der Waals surface area contributed by atoms with Crippen LogP contribution in [0.25, 0.3) is 0 Å². The maximum Gasteiger partial charge on any atom is 0.313 e. The molecule has 4 aliphatic rings. The molecule has 0 aliphatic heterocycles. The molecule has 0 radical (unpaired) electrons. The molecule has 4 aliphatic carbocycles. The smallest absolute Gasteiger partial charge is 0.313 e. The van der Waals surface area contributed by atoms with Gasteiger partial charge in [-0.2, -0.15) is 5.26 Å². The van der Waals surface area contributed by atoms with Gasteiger partial charge < -0.3 is 9.84 Å². The minimum atomic E-state index is -0.694. The summed E-state index contributed by atoms with van der Waals surface area (Å²) in [5, 5.41) is 19.3. The van der Waals surface area contributed by atoms with Gasteiger partial charge in [-0.1, -0.05) is 0 Å². The number of rotatable bonds is 2. The molecule has 0 aromatic heterocycles. The molecule has 3 atom stereocenters. The monoisotopic (exact) mass is 249 g/mol. The minimum absolute atomic E-state index is 0.260. The molecular formula is C14H19NO3. The number of hydrogen-bond acceptors (Lipinski definition) is 4. The summed E-state index contributed by atoms with van der Waals surface area (Å²) in [6.45, 7) is 1.59. The molecule has 4 nitrogen and oxygen atoms in total. The van der Waals surface area contributed by atoms with E-state index in [0.717, 1.165) is 32.1 Å². The summed E-state index contributed by atoms with van der Waals surface area (Å²) in [6.07, 6.45) is 4.33. The summed E-state index contributed by atoms with van der Waals surface area (Å²) in [5.41, 5.74) is -1.16. The molecule has 18 heavy (non-hydrogen) atoms. The second-order valence-corrected chi connectivity index (χ2v) is 6.64. The molecule has 0 aromatic rings. The Morgan fingerprint density at radius 3 is 2.50 bits per heavy atom. The van der Waals surface area contributed by atoms with Gasteiger partial charge in [-0.15, -0.1) is 0 Å². The Hall–Kier alpha value is -1.08. The van der Waals surface area contributed by atoms with E-state index in [2.05, 4.69) is 0 Å². The number of ether oxygens (including phenoxy) is 1. The zero-order valence-corrected chi connectivity index (χ0v) is 10.7. The zero-order valence-electron chi connectivity index (χ0n) is 10.7. The Morgan fingerprint density at radius 2 is 2.00 bits per heavy atom. The summed E-state index contributed by atoms with van der Waals surface area (Å²) < 4.78 is 5.22. The molecule has 0 unspecified atom stereocenters. The Morgan fingerprint density at radius 1 is 1.39 bits per heavy atom. The van der Waals surface area contributed by atoms with Crippen molar-refractivity contribution in [1.82, 2.24) is 0 Å². The second-order valence-electron chi connectivity index (χ2n) is 6.64. The summed E-state index contributed by atoms with van der Waals surface area (Å²) in [4.78, 5) is 12.3. The number of hydrogen-bond donors (Lipinski definition) is 1. The van der Waals surface area contributed by atoms with Crippen LogP contribution in [0.3, 0.4) is 0 Å². The maximum absolute atomic E-state index is 12.3. The van der Waals surface area contributed by atoms with Gasteiger partial charge in [0.2, 0.25) is 0 Å². The quantitative estimate of drug-likeness (QED) is 0.757. The molecule has 0 saturated heterocycles. The van der Waals surface area contributed by atoms with Gasteiger partial charge in [0.05, 0.1) is 11.0 Å². The molecule has 4 rings (SSSR count). The Kier molecular flexibility index (Phi) is 2.47. The first-order valence-corrected chi connectivity index (χ1v) is 6.78. The van der Waals surface area contributed by atoms with E-state index in [4.69, 9.17) is 10.00 Å². The van der Waals surface area contributed by atoms with E-state index in [1.54, 1.807) is 6.92 Å². The molecule has 0 spiro atoms. The standard InChI is InChI=1S/C14H19NO3/c1-9(7-15)18-12(16)13-3-10-2-11(4-13)6-14(17,5-10)8-13/h9-11,17H,2-6,8H2,1H3/t9-,10+,11+,13?,14?/m1/s1. The molecule has 0 aromatic carbocycles. The van der Waals surface area contributed by atoms with Crippen molar-refractivity contribution < 1.29 is 14.6 Å². The molecule has 0 amide bonds. The number of aliphatic hydroxyl groups is 1. The van der Waals surface area contributed by atoms with Gasteiger partial charge in [0, 0.05) is 0 Å². The molecule has 4 saturated carbocycles. The van der Waals surface area contributed by atoms with Crippen LogP contribution in [0.2, 0.25) is 0 Å². The molecule has 4 bridgehead atoms. The van der Waals surface area contributed by atoms with Crippen LogP contribution in [0.4, 0.5) is 0 Å². The maximum atomic E-state index is 12.3. The molecular weight excluding hydrogens is 230 g/mol. The van der Waals surface area contributed by atoms with E-state index < -0.39 is 17.1 Å². The van der Waals surface area contributed by atoms with E-state index in [1.807, 2.05) is 6.07 Å². The highest BCUT2D eigenvalue weighted by Crippen LogP contribution is 2.62. The normalized spacial score (nSPS) is 46.5. The van der Waals surface area contributed by atoms with Crippen LogP contribution in [0, 0.1) is 28.6 Å². The number of nitrogens with zero attached hydrogens (tertiary/aromatic N) is 1. The van der Waals surface area contributed by atoms with Gasteiger partial charge in [0.1, 0.15) is 6.07 Å². The topological polar surface area (TPSA) is 70.3 Å². The van der Waals surface area contributed by atoms with Crippen molar-refractivity contribution >= 4 is 5.97 Å². The van der Waals surface area contributed by atoms with E-state index in [-0.39, 0.29) is 5.97 Å². The van der Waals surface area contributed by atoms with Crippen LogP contribution in [-0.2, 0) is 9.53 Å². The number of carbonyl (C=O) groups is 1. The van der Waals surface area contributed by atoms with Gasteiger partial charge in [0.25, 0.3) is 0 Å². The highest BCUT2D eigenvalue weighted by atomic mass is 16.5. The van der Waals surface area contributed by atoms with Crippen molar-refractivity contribution in [2.24, 2.45) is 17.3 Å². The van der Waals surface area contributed by atoms with E-state index in [1.165, 1.54) is 0 Å². The first-order chi connectivity index (χ1) is 8.45. The average Bonchev–Trinajstić information content (AvgIpc) is 2.25. The predicted molar refractivity (Wildman–Crippen MR) is 63.2 cm³/mol. The third-order valence-electron chi connectivity index (χ3n) is 4.93. The van der Waals surface area contributed by atoms with Crippen molar-refractivity contribution in [2.75, 3.05) is 0 Å². The zero-order chi connectivity index (χ0) is 13.0. The third-order valence-corrected chi connectivity index (χ3v) is 4.93. The first kappa shape index (κ1) is 12.0. The summed E-state index contributed by atoms with van der Waals surface area (Å²) >= 11 is 0. The molecule has 1 N–H and O–H groups in total. The number of nitriles is 1. The molecule has 4 heteroatoms. The average molecular weight is 249 g/mol. The molecule has 0 heterocycles. The first-order valence-electron chi connectivity index (χ1n) is 6.78. The second kappa shape index (κ2) is 3.71. The van der Waals surface area contributed by atoms with E-state index in [9.17, 15) is 9.90 Å². The minimum Gasteiger partial charge on any atom is -0.447 e. The van der Waals surface area contributed by atoms with Crippen LogP contribution in [0.5, 0.6) is 0 Å². The van der Waals surface area contributed by atoms with Crippen molar-refractivity contribution in [3.05, 3.63) is 0 Å². The van der Waals surface area contributed by atoms with Crippen LogP contribution in [0.1, 0.15) is 45.4 Å². The highest BCUT2D eigenvalue weighted by Gasteiger charge is 2.61. The van der Waals surface area contributed by atoms with Crippen LogP contribution in [-0.4, -0.2) is 22.8 Å². The van der Waals surface area contributed by atoms with E-state index >= 15 is 0 Å². The lowest BCUT2D eigenvalue weighted by molar-refractivity contribution is -0.197. The van der Waals surface area contributed by atoms with Crippen LogP contribution < -0.4 is 0 Å². The fourth-order valence-corrected chi connectivity index (χ4v) is 4.76. The SMILES string of the molecule is C[C@H](C#N)OC(=O)C12C[C@@H]3C[C@H](CC(O)(C3)C1)C2. The summed E-state index contributed by atoms with van der Waals surface area (Å²) in [7, 11) is 0. The largest absolute Gasteiger partial charge is 0.447 e.